The molecule has 3 aromatic rings. The van der Waals surface area contributed by atoms with E-state index in [-0.39, 0.29) is 56.8 Å². The minimum absolute atomic E-state index is 0.00974. The molecule has 16 heteroatoms. The minimum atomic E-state index is -0.956. The highest BCUT2D eigenvalue weighted by Crippen LogP contribution is 2.62. The number of phenolic OH excluding ortho intramolecular Hbond substituents is 1. The molecule has 2 unspecified atom stereocenters. The van der Waals surface area contributed by atoms with Crippen molar-refractivity contribution in [3.05, 3.63) is 70.4 Å². The van der Waals surface area contributed by atoms with Crippen molar-refractivity contribution in [2.75, 3.05) is 72.6 Å². The summed E-state index contributed by atoms with van der Waals surface area (Å²) in [5, 5.41) is 37.5. The molecule has 70 heavy (non-hydrogen) atoms. The third-order valence-corrected chi connectivity index (χ3v) is 16.4. The summed E-state index contributed by atoms with van der Waals surface area (Å²) >= 11 is 1.58. The number of ether oxygens (including phenoxy) is 5. The van der Waals surface area contributed by atoms with E-state index in [1.54, 1.807) is 11.3 Å². The molecule has 4 aliphatic rings. The standard InChI is InChI=1S/C54H78N4O11S/c1-35-49(70-34-56-35)37-11-9-36(10-12-37)31-55-51(63)45-30-41(60)32-58(45)52(64)50(53(2,3)4)57-47(62)33-69-27-26-68-25-24-67-23-22-66-21-20-65-19-7-6-8-38-28-39-29-40(59)13-14-42(39)43-17-18-54(5)44(48(38)43)15-16-46(54)61/h9-14,29,34,38,41,43-46,48,50,59-61H,6-8,15-28,30-33H2,1-5H3,(H,55,63)(H,57,62)/t38-,41?,43-,44+,45+,46+,48-,50-,54?/m1/s1. The number of β-amino-alcohol motifs (C(OH)–C–C–N with tert-alkyl or cyclic N) is 1. The van der Waals surface area contributed by atoms with Gasteiger partial charge in [-0.3, -0.25) is 14.4 Å². The summed E-state index contributed by atoms with van der Waals surface area (Å²) in [6.07, 6.45) is 7.49. The number of aliphatic hydroxyl groups excluding tert-OH is 2. The Morgan fingerprint density at radius 3 is 2.21 bits per heavy atom. The van der Waals surface area contributed by atoms with Gasteiger partial charge < -0.3 is 54.5 Å². The maximum absolute atomic E-state index is 13.9. The molecule has 15 nitrogen and oxygen atoms in total. The molecule has 0 spiro atoms. The molecule has 3 fully saturated rings. The number of nitrogens with one attached hydrogen (secondary N) is 2. The molecule has 386 valence electrons. The Balaban J connectivity index is 0.700. The van der Waals surface area contributed by atoms with Crippen LogP contribution >= 0.6 is 11.3 Å². The number of carbonyl (C=O) groups is 3. The van der Waals surface area contributed by atoms with Crippen molar-refractivity contribution in [1.82, 2.24) is 20.5 Å². The third-order valence-electron chi connectivity index (χ3n) is 15.4. The number of aryl methyl sites for hydroxylation is 1. The number of rotatable bonds is 25. The number of fused-ring (bicyclic) bond motifs is 5. The van der Waals surface area contributed by atoms with Gasteiger partial charge >= 0.3 is 0 Å². The van der Waals surface area contributed by atoms with Gasteiger partial charge in [0.15, 0.2) is 0 Å². The number of amides is 3. The van der Waals surface area contributed by atoms with Crippen LogP contribution in [0.2, 0.25) is 0 Å². The molecule has 3 amide bonds. The van der Waals surface area contributed by atoms with E-state index in [0.29, 0.717) is 75.7 Å². The quantitative estimate of drug-likeness (QED) is 0.0593. The average molecular weight is 991 g/mol. The van der Waals surface area contributed by atoms with E-state index in [2.05, 4.69) is 28.6 Å². The molecular weight excluding hydrogens is 913 g/mol. The lowest BCUT2D eigenvalue weighted by Crippen LogP contribution is -2.58. The Labute approximate surface area is 418 Å². The zero-order chi connectivity index (χ0) is 49.8. The van der Waals surface area contributed by atoms with Crippen LogP contribution in [0.25, 0.3) is 10.4 Å². The second-order valence-electron chi connectivity index (χ2n) is 21.2. The monoisotopic (exact) mass is 991 g/mol. The number of nitrogens with zero attached hydrogens (tertiary/aromatic N) is 2. The molecular formula is C54H78N4O11S. The fourth-order valence-electron chi connectivity index (χ4n) is 11.7. The molecule has 3 aliphatic carbocycles. The Morgan fingerprint density at radius 2 is 1.56 bits per heavy atom. The summed E-state index contributed by atoms with van der Waals surface area (Å²) in [6, 6.07) is 12.0. The fraction of sp³-hybridized carbons (Fsp3) is 0.667. The van der Waals surface area contributed by atoms with Gasteiger partial charge in [0.1, 0.15) is 24.4 Å². The van der Waals surface area contributed by atoms with E-state index in [1.807, 2.05) is 69.6 Å². The first kappa shape index (κ1) is 53.8. The fourth-order valence-corrected chi connectivity index (χ4v) is 12.5. The molecule has 0 bridgehead atoms. The predicted molar refractivity (Wildman–Crippen MR) is 267 cm³/mol. The molecule has 0 radical (unpaired) electrons. The molecule has 2 heterocycles. The van der Waals surface area contributed by atoms with Crippen LogP contribution in [0, 0.1) is 35.5 Å². The van der Waals surface area contributed by atoms with Crippen LogP contribution in [0.5, 0.6) is 5.75 Å². The van der Waals surface area contributed by atoms with E-state index >= 15 is 0 Å². The molecule has 1 aromatic heterocycles. The number of carbonyl (C=O) groups excluding carboxylic acids is 3. The number of likely N-dealkylation sites (tertiary alicyclic amines) is 1. The SMILES string of the molecule is Cc1ncsc1-c1ccc(CNC(=O)[C@@H]2CC(O)CN2C(=O)[C@@H](NC(=O)COCCOCCOCCOCCOCCCC[C@@H]2Cc3cc(O)ccc3[C@H]3CCC4(C)[C@@H](O)CC[C@H]4[C@H]23)C(C)(C)C)cc1. The normalized spacial score (nSPS) is 25.5. The van der Waals surface area contributed by atoms with Gasteiger partial charge in [-0.25, -0.2) is 4.98 Å². The minimum Gasteiger partial charge on any atom is -0.508 e. The molecule has 9 atom stereocenters. The predicted octanol–water partition coefficient (Wildman–Crippen LogP) is 6.33. The third kappa shape index (κ3) is 13.7. The van der Waals surface area contributed by atoms with Gasteiger partial charge in [-0.05, 0) is 121 Å². The smallest absolute Gasteiger partial charge is 0.246 e. The van der Waals surface area contributed by atoms with E-state index in [9.17, 15) is 29.7 Å². The van der Waals surface area contributed by atoms with Crippen molar-refractivity contribution >= 4 is 29.1 Å². The summed E-state index contributed by atoms with van der Waals surface area (Å²) in [4.78, 5) is 47.1. The number of aromatic nitrogens is 1. The van der Waals surface area contributed by atoms with Crippen LogP contribution in [0.1, 0.15) is 107 Å². The number of hydrogen-bond acceptors (Lipinski definition) is 13. The van der Waals surface area contributed by atoms with E-state index in [4.69, 9.17) is 23.7 Å². The summed E-state index contributed by atoms with van der Waals surface area (Å²) in [5.74, 6) is 1.29. The number of phenols is 1. The topological polar surface area (TPSA) is 198 Å². The maximum Gasteiger partial charge on any atom is 0.246 e. The lowest BCUT2D eigenvalue weighted by Gasteiger charge is -2.53. The van der Waals surface area contributed by atoms with Crippen molar-refractivity contribution in [2.45, 2.75) is 129 Å². The lowest BCUT2D eigenvalue weighted by molar-refractivity contribution is -0.144. The van der Waals surface area contributed by atoms with Crippen molar-refractivity contribution in [1.29, 1.82) is 0 Å². The second-order valence-corrected chi connectivity index (χ2v) is 22.1. The van der Waals surface area contributed by atoms with Gasteiger partial charge in [0.05, 0.1) is 81.1 Å². The average Bonchev–Trinajstić information content (AvgIpc) is 4.04. The van der Waals surface area contributed by atoms with Gasteiger partial charge in [0, 0.05) is 26.1 Å². The Kier molecular flexibility index (Phi) is 19.3. The zero-order valence-corrected chi connectivity index (χ0v) is 42.8. The van der Waals surface area contributed by atoms with E-state index in [1.165, 1.54) is 16.0 Å². The van der Waals surface area contributed by atoms with Crippen LogP contribution < -0.4 is 10.6 Å². The first-order chi connectivity index (χ1) is 33.6. The first-order valence-corrected chi connectivity index (χ1v) is 26.5. The highest BCUT2D eigenvalue weighted by atomic mass is 32.1. The Hall–Kier alpha value is -4.00. The van der Waals surface area contributed by atoms with Crippen LogP contribution in [-0.4, -0.2) is 140 Å². The highest BCUT2D eigenvalue weighted by molar-refractivity contribution is 7.13. The summed E-state index contributed by atoms with van der Waals surface area (Å²) in [7, 11) is 0. The summed E-state index contributed by atoms with van der Waals surface area (Å²) in [5.41, 5.74) is 6.80. The lowest BCUT2D eigenvalue weighted by atomic mass is 9.52. The molecule has 7 rings (SSSR count). The molecule has 1 aliphatic heterocycles. The molecule has 2 aromatic carbocycles. The van der Waals surface area contributed by atoms with Gasteiger partial charge in [0.2, 0.25) is 17.7 Å². The first-order valence-electron chi connectivity index (χ1n) is 25.6. The van der Waals surface area contributed by atoms with Crippen molar-refractivity contribution in [3.8, 4) is 16.2 Å². The van der Waals surface area contributed by atoms with Gasteiger partial charge in [-0.2, -0.15) is 0 Å². The molecule has 1 saturated heterocycles. The number of aromatic hydroxyl groups is 1. The van der Waals surface area contributed by atoms with Gasteiger partial charge in [0.25, 0.3) is 0 Å². The summed E-state index contributed by atoms with van der Waals surface area (Å²) < 4.78 is 28.3. The van der Waals surface area contributed by atoms with Crippen LogP contribution in [-0.2, 0) is 51.0 Å². The van der Waals surface area contributed by atoms with Crippen LogP contribution in [0.4, 0.5) is 0 Å². The number of benzene rings is 2. The highest BCUT2D eigenvalue weighted by Gasteiger charge is 2.56. The Bertz CT molecular complexity index is 2160. The van der Waals surface area contributed by atoms with E-state index in [0.717, 1.165) is 73.1 Å². The second kappa shape index (κ2) is 25.1. The summed E-state index contributed by atoms with van der Waals surface area (Å²) in [6.45, 7) is 13.6. The zero-order valence-electron chi connectivity index (χ0n) is 42.0. The van der Waals surface area contributed by atoms with E-state index < -0.39 is 35.4 Å². The molecule has 5 N–H and O–H groups in total. The van der Waals surface area contributed by atoms with Crippen LogP contribution in [0.3, 0.4) is 0 Å². The number of hydrogen-bond donors (Lipinski definition) is 5. The number of unbranched alkanes of at least 4 members (excludes halogenated alkanes) is 1. The molecule has 2 saturated carbocycles. The van der Waals surface area contributed by atoms with Gasteiger partial charge in [-0.1, -0.05) is 64.4 Å². The van der Waals surface area contributed by atoms with Gasteiger partial charge in [-0.15, -0.1) is 11.3 Å². The van der Waals surface area contributed by atoms with Crippen molar-refractivity contribution in [2.24, 2.45) is 28.6 Å². The van der Waals surface area contributed by atoms with Crippen LogP contribution in [0.15, 0.2) is 48.0 Å². The largest absolute Gasteiger partial charge is 0.508 e. The number of thiazole rings is 1. The van der Waals surface area contributed by atoms with Crippen molar-refractivity contribution in [3.63, 3.8) is 0 Å². The Morgan fingerprint density at radius 1 is 0.886 bits per heavy atom. The maximum atomic E-state index is 13.9. The van der Waals surface area contributed by atoms with Crippen molar-refractivity contribution < 1.29 is 53.4 Å². The number of aliphatic hydroxyl groups is 2.